The van der Waals surface area contributed by atoms with Crippen LogP contribution in [0, 0.1) is 6.92 Å². The fraction of sp³-hybridized carbons (Fsp3) is 0.167. The molecule has 172 valence electrons. The SMILES string of the molecule is COc1ccc(NS(=O)(=O)c2cccc(C(=O)O[C@H](C)C(=O)Nc3cccc(C)c3)c2)cc1. The van der Waals surface area contributed by atoms with Crippen LogP contribution in [-0.2, 0) is 19.6 Å². The molecule has 0 heterocycles. The van der Waals surface area contributed by atoms with Gasteiger partial charge in [-0.3, -0.25) is 9.52 Å². The fourth-order valence-corrected chi connectivity index (χ4v) is 4.02. The molecule has 2 N–H and O–H groups in total. The van der Waals surface area contributed by atoms with Gasteiger partial charge in [-0.05, 0) is 74.0 Å². The Bertz CT molecular complexity index is 1260. The highest BCUT2D eigenvalue weighted by Crippen LogP contribution is 2.20. The zero-order valence-corrected chi connectivity index (χ0v) is 19.2. The van der Waals surface area contributed by atoms with Crippen molar-refractivity contribution >= 4 is 33.3 Å². The number of sulfonamides is 1. The number of hydrogen-bond donors (Lipinski definition) is 2. The minimum atomic E-state index is -3.96. The molecule has 0 radical (unpaired) electrons. The van der Waals surface area contributed by atoms with Gasteiger partial charge in [-0.1, -0.05) is 18.2 Å². The number of esters is 1. The number of aryl methyl sites for hydroxylation is 1. The first-order valence-electron chi connectivity index (χ1n) is 10.0. The molecule has 0 spiro atoms. The Morgan fingerprint density at radius 3 is 2.27 bits per heavy atom. The number of carbonyl (C=O) groups is 2. The van der Waals surface area contributed by atoms with Crippen LogP contribution in [0.3, 0.4) is 0 Å². The zero-order valence-electron chi connectivity index (χ0n) is 18.4. The summed E-state index contributed by atoms with van der Waals surface area (Å²) in [5.74, 6) is -0.731. The second-order valence-electron chi connectivity index (χ2n) is 7.27. The molecule has 1 atom stereocenters. The smallest absolute Gasteiger partial charge is 0.338 e. The third kappa shape index (κ3) is 6.33. The minimum Gasteiger partial charge on any atom is -0.497 e. The predicted octanol–water partition coefficient (Wildman–Crippen LogP) is 3.99. The van der Waals surface area contributed by atoms with Crippen molar-refractivity contribution in [2.45, 2.75) is 24.8 Å². The van der Waals surface area contributed by atoms with Crippen LogP contribution in [-0.4, -0.2) is 33.5 Å². The molecule has 3 rings (SSSR count). The largest absolute Gasteiger partial charge is 0.497 e. The summed E-state index contributed by atoms with van der Waals surface area (Å²) < 4.78 is 38.2. The lowest BCUT2D eigenvalue weighted by molar-refractivity contribution is -0.123. The van der Waals surface area contributed by atoms with Gasteiger partial charge in [0.15, 0.2) is 6.10 Å². The lowest BCUT2D eigenvalue weighted by Crippen LogP contribution is -2.30. The van der Waals surface area contributed by atoms with Crippen molar-refractivity contribution in [2.75, 3.05) is 17.1 Å². The summed E-state index contributed by atoms with van der Waals surface area (Å²) in [7, 11) is -2.45. The Kier molecular flexibility index (Phi) is 7.34. The number of nitrogens with one attached hydrogen (secondary N) is 2. The molecular weight excluding hydrogens is 444 g/mol. The lowest BCUT2D eigenvalue weighted by Gasteiger charge is -2.14. The summed E-state index contributed by atoms with van der Waals surface area (Å²) in [6, 6.07) is 19.0. The van der Waals surface area contributed by atoms with Gasteiger partial charge in [0.2, 0.25) is 0 Å². The first kappa shape index (κ1) is 23.8. The number of amides is 1. The molecule has 3 aromatic carbocycles. The van der Waals surface area contributed by atoms with Crippen LogP contribution in [0.2, 0.25) is 0 Å². The summed E-state index contributed by atoms with van der Waals surface area (Å²) >= 11 is 0. The first-order valence-corrected chi connectivity index (χ1v) is 11.5. The molecule has 0 aromatic heterocycles. The van der Waals surface area contributed by atoms with Gasteiger partial charge in [0, 0.05) is 11.4 Å². The van der Waals surface area contributed by atoms with Gasteiger partial charge in [-0.2, -0.15) is 0 Å². The Labute approximate surface area is 192 Å². The molecule has 1 amide bonds. The Hall–Kier alpha value is -3.85. The zero-order chi connectivity index (χ0) is 24.0. The number of carbonyl (C=O) groups excluding carboxylic acids is 2. The van der Waals surface area contributed by atoms with Gasteiger partial charge in [0.25, 0.3) is 15.9 Å². The third-order valence-electron chi connectivity index (χ3n) is 4.66. The average molecular weight is 469 g/mol. The summed E-state index contributed by atoms with van der Waals surface area (Å²) in [4.78, 5) is 24.8. The number of anilines is 2. The second kappa shape index (κ2) is 10.2. The highest BCUT2D eigenvalue weighted by atomic mass is 32.2. The van der Waals surface area contributed by atoms with Crippen LogP contribution >= 0.6 is 0 Å². The van der Waals surface area contributed by atoms with Crippen LogP contribution in [0.4, 0.5) is 11.4 Å². The maximum Gasteiger partial charge on any atom is 0.338 e. The quantitative estimate of drug-likeness (QED) is 0.484. The molecule has 33 heavy (non-hydrogen) atoms. The summed E-state index contributed by atoms with van der Waals surface area (Å²) in [5, 5.41) is 2.68. The standard InChI is InChI=1S/C24H24N2O6S/c1-16-6-4-8-20(14-16)25-23(27)17(2)32-24(28)18-7-5-9-22(15-18)33(29,30)26-19-10-12-21(31-3)13-11-19/h4-15,17,26H,1-3H3,(H,25,27)/t17-/m1/s1. The van der Waals surface area contributed by atoms with E-state index in [1.165, 1.54) is 38.3 Å². The van der Waals surface area contributed by atoms with Crippen LogP contribution in [0.5, 0.6) is 5.75 Å². The van der Waals surface area contributed by atoms with Crippen LogP contribution < -0.4 is 14.8 Å². The Morgan fingerprint density at radius 2 is 1.61 bits per heavy atom. The molecular formula is C24H24N2O6S. The number of ether oxygens (including phenoxy) is 2. The van der Waals surface area contributed by atoms with E-state index in [9.17, 15) is 18.0 Å². The van der Waals surface area contributed by atoms with E-state index in [4.69, 9.17) is 9.47 Å². The molecule has 0 bridgehead atoms. The van der Waals surface area contributed by atoms with Crippen molar-refractivity contribution in [3.63, 3.8) is 0 Å². The van der Waals surface area contributed by atoms with E-state index < -0.39 is 28.0 Å². The molecule has 0 fully saturated rings. The summed E-state index contributed by atoms with van der Waals surface area (Å²) in [6.07, 6.45) is -1.09. The monoisotopic (exact) mass is 468 g/mol. The van der Waals surface area contributed by atoms with Gasteiger partial charge in [-0.15, -0.1) is 0 Å². The van der Waals surface area contributed by atoms with E-state index in [2.05, 4.69) is 10.0 Å². The van der Waals surface area contributed by atoms with Crippen LogP contribution in [0.25, 0.3) is 0 Å². The summed E-state index contributed by atoms with van der Waals surface area (Å²) in [5.41, 5.74) is 1.90. The van der Waals surface area contributed by atoms with Crippen LogP contribution in [0.15, 0.2) is 77.7 Å². The molecule has 9 heteroatoms. The Morgan fingerprint density at radius 1 is 0.909 bits per heavy atom. The van der Waals surface area contributed by atoms with Crippen molar-refractivity contribution in [1.29, 1.82) is 0 Å². The van der Waals surface area contributed by atoms with Crippen molar-refractivity contribution < 1.29 is 27.5 Å². The predicted molar refractivity (Wildman–Crippen MR) is 125 cm³/mol. The van der Waals surface area contributed by atoms with Crippen molar-refractivity contribution in [3.8, 4) is 5.75 Å². The van der Waals surface area contributed by atoms with Gasteiger partial charge in [0.1, 0.15) is 5.75 Å². The lowest BCUT2D eigenvalue weighted by atomic mass is 10.2. The molecule has 0 aliphatic rings. The highest BCUT2D eigenvalue weighted by molar-refractivity contribution is 7.92. The van der Waals surface area contributed by atoms with E-state index in [0.29, 0.717) is 17.1 Å². The molecule has 3 aromatic rings. The average Bonchev–Trinajstić information content (AvgIpc) is 2.79. The van der Waals surface area contributed by atoms with Crippen molar-refractivity contribution in [1.82, 2.24) is 0 Å². The van der Waals surface area contributed by atoms with Crippen molar-refractivity contribution in [3.05, 3.63) is 83.9 Å². The number of rotatable bonds is 8. The number of benzene rings is 3. The fourth-order valence-electron chi connectivity index (χ4n) is 2.91. The van der Waals surface area contributed by atoms with Crippen LogP contribution in [0.1, 0.15) is 22.8 Å². The van der Waals surface area contributed by atoms with E-state index in [-0.39, 0.29) is 10.5 Å². The normalized spacial score (nSPS) is 11.8. The maximum atomic E-state index is 12.7. The minimum absolute atomic E-state index is 0.00260. The van der Waals surface area contributed by atoms with E-state index in [1.54, 1.807) is 42.5 Å². The second-order valence-corrected chi connectivity index (χ2v) is 8.95. The molecule has 0 saturated carbocycles. The molecule has 0 saturated heterocycles. The first-order chi connectivity index (χ1) is 15.7. The molecule has 0 aliphatic heterocycles. The van der Waals surface area contributed by atoms with E-state index in [0.717, 1.165) is 5.56 Å². The van der Waals surface area contributed by atoms with Gasteiger partial charge >= 0.3 is 5.97 Å². The van der Waals surface area contributed by atoms with Gasteiger partial charge < -0.3 is 14.8 Å². The molecule has 8 nitrogen and oxygen atoms in total. The highest BCUT2D eigenvalue weighted by Gasteiger charge is 2.21. The molecule has 0 unspecified atom stereocenters. The topological polar surface area (TPSA) is 111 Å². The maximum absolute atomic E-state index is 12.7. The van der Waals surface area contributed by atoms with E-state index >= 15 is 0 Å². The van der Waals surface area contributed by atoms with Gasteiger partial charge in [-0.25, -0.2) is 13.2 Å². The van der Waals surface area contributed by atoms with Gasteiger partial charge in [0.05, 0.1) is 17.6 Å². The molecule has 0 aliphatic carbocycles. The number of methoxy groups -OCH3 is 1. The summed E-state index contributed by atoms with van der Waals surface area (Å²) in [6.45, 7) is 3.33. The van der Waals surface area contributed by atoms with Crippen molar-refractivity contribution in [2.24, 2.45) is 0 Å². The van der Waals surface area contributed by atoms with E-state index in [1.807, 2.05) is 13.0 Å². The third-order valence-corrected chi connectivity index (χ3v) is 6.04. The Balaban J connectivity index is 1.68. The number of hydrogen-bond acceptors (Lipinski definition) is 6.